The standard InChI is InChI=1S/C23H29NS.ClH/c1-6-15-24(16-7-1)17-8-18-25-23-21-11-4-2-9-19(21)13-14-20-10-3-5-12-22(20)23;/h2-5,9-12,23H,1,6-8,13-18H2;1H. The molecule has 26 heavy (non-hydrogen) atoms. The van der Waals surface area contributed by atoms with E-state index in [4.69, 9.17) is 0 Å². The molecule has 3 heteroatoms. The minimum atomic E-state index is 0. The molecule has 2 aromatic rings. The normalized spacial score (nSPS) is 17.7. The summed E-state index contributed by atoms with van der Waals surface area (Å²) in [5.41, 5.74) is 6.20. The van der Waals surface area contributed by atoms with Crippen molar-refractivity contribution in [2.24, 2.45) is 0 Å². The van der Waals surface area contributed by atoms with Gasteiger partial charge in [-0.15, -0.1) is 24.2 Å². The van der Waals surface area contributed by atoms with Crippen molar-refractivity contribution in [2.45, 2.75) is 43.8 Å². The van der Waals surface area contributed by atoms with E-state index in [9.17, 15) is 0 Å². The molecule has 4 rings (SSSR count). The highest BCUT2D eigenvalue weighted by atomic mass is 35.5. The van der Waals surface area contributed by atoms with Crippen LogP contribution in [0.15, 0.2) is 48.5 Å². The summed E-state index contributed by atoms with van der Waals surface area (Å²) >= 11 is 2.16. The van der Waals surface area contributed by atoms with Gasteiger partial charge < -0.3 is 4.90 Å². The summed E-state index contributed by atoms with van der Waals surface area (Å²) in [6.07, 6.45) is 7.90. The molecule has 0 bridgehead atoms. The summed E-state index contributed by atoms with van der Waals surface area (Å²) in [6.45, 7) is 3.92. The van der Waals surface area contributed by atoms with Crippen LogP contribution in [-0.4, -0.2) is 30.3 Å². The number of aryl methyl sites for hydroxylation is 2. The van der Waals surface area contributed by atoms with Crippen LogP contribution in [0.3, 0.4) is 0 Å². The molecule has 0 aromatic heterocycles. The Morgan fingerprint density at radius 2 is 1.38 bits per heavy atom. The van der Waals surface area contributed by atoms with Crippen LogP contribution in [-0.2, 0) is 12.8 Å². The number of thioether (sulfide) groups is 1. The molecule has 2 aliphatic rings. The molecule has 0 radical (unpaired) electrons. The van der Waals surface area contributed by atoms with Gasteiger partial charge in [0.05, 0.1) is 5.25 Å². The Labute approximate surface area is 169 Å². The fraction of sp³-hybridized carbons (Fsp3) is 0.478. The Morgan fingerprint density at radius 1 is 0.808 bits per heavy atom. The molecule has 0 N–H and O–H groups in total. The van der Waals surface area contributed by atoms with E-state index < -0.39 is 0 Å². The number of hydrogen-bond donors (Lipinski definition) is 0. The third kappa shape index (κ3) is 4.65. The van der Waals surface area contributed by atoms with Gasteiger partial charge in [0.25, 0.3) is 0 Å². The van der Waals surface area contributed by atoms with Gasteiger partial charge in [-0.25, -0.2) is 0 Å². The second-order valence-corrected chi connectivity index (χ2v) is 8.62. The van der Waals surface area contributed by atoms with Gasteiger partial charge in [0.15, 0.2) is 0 Å². The lowest BCUT2D eigenvalue weighted by molar-refractivity contribution is 0.230. The molecule has 1 heterocycles. The van der Waals surface area contributed by atoms with E-state index in [0.29, 0.717) is 5.25 Å². The molecule has 140 valence electrons. The largest absolute Gasteiger partial charge is 0.303 e. The zero-order valence-electron chi connectivity index (χ0n) is 15.5. The molecular weight excluding hydrogens is 358 g/mol. The van der Waals surface area contributed by atoms with Crippen molar-refractivity contribution in [1.82, 2.24) is 4.90 Å². The maximum atomic E-state index is 2.67. The first-order chi connectivity index (χ1) is 12.4. The fourth-order valence-electron chi connectivity index (χ4n) is 4.32. The fourth-order valence-corrected chi connectivity index (χ4v) is 5.67. The lowest BCUT2D eigenvalue weighted by Crippen LogP contribution is -2.30. The van der Waals surface area contributed by atoms with Crippen molar-refractivity contribution in [3.05, 3.63) is 70.8 Å². The van der Waals surface area contributed by atoms with Gasteiger partial charge in [0.1, 0.15) is 0 Å². The first-order valence-corrected chi connectivity index (χ1v) is 11.0. The molecule has 1 aliphatic heterocycles. The predicted molar refractivity (Wildman–Crippen MR) is 117 cm³/mol. The predicted octanol–water partition coefficient (Wildman–Crippen LogP) is 5.91. The van der Waals surface area contributed by atoms with Crippen LogP contribution in [0.5, 0.6) is 0 Å². The van der Waals surface area contributed by atoms with E-state index in [1.165, 1.54) is 63.9 Å². The van der Waals surface area contributed by atoms with Crippen LogP contribution in [0.1, 0.15) is 53.2 Å². The van der Waals surface area contributed by atoms with Crippen molar-refractivity contribution in [1.29, 1.82) is 0 Å². The molecule has 0 amide bonds. The number of hydrogen-bond acceptors (Lipinski definition) is 2. The molecule has 1 nitrogen and oxygen atoms in total. The smallest absolute Gasteiger partial charge is 0.0552 e. The number of likely N-dealkylation sites (tertiary alicyclic amines) is 1. The Balaban J connectivity index is 0.00000196. The second-order valence-electron chi connectivity index (χ2n) is 7.40. The maximum absolute atomic E-state index is 2.67. The molecule has 1 aliphatic carbocycles. The molecule has 1 saturated heterocycles. The van der Waals surface area contributed by atoms with Gasteiger partial charge >= 0.3 is 0 Å². The average Bonchev–Trinajstić information content (AvgIpc) is 2.83. The third-order valence-corrected chi connectivity index (χ3v) is 7.06. The van der Waals surface area contributed by atoms with E-state index >= 15 is 0 Å². The number of nitrogens with zero attached hydrogens (tertiary/aromatic N) is 1. The highest BCUT2D eigenvalue weighted by Crippen LogP contribution is 2.41. The van der Waals surface area contributed by atoms with E-state index in [0.717, 1.165) is 0 Å². The highest BCUT2D eigenvalue weighted by molar-refractivity contribution is 7.99. The van der Waals surface area contributed by atoms with Gasteiger partial charge in [0, 0.05) is 0 Å². The Hall–Kier alpha value is -0.960. The number of fused-ring (bicyclic) bond motifs is 2. The molecular formula is C23H30ClNS. The lowest BCUT2D eigenvalue weighted by Gasteiger charge is -2.26. The first kappa shape index (κ1) is 19.8. The molecule has 1 fully saturated rings. The third-order valence-electron chi connectivity index (χ3n) is 5.69. The summed E-state index contributed by atoms with van der Waals surface area (Å²) in [6, 6.07) is 18.2. The van der Waals surface area contributed by atoms with Gasteiger partial charge in [0.2, 0.25) is 0 Å². The molecule has 0 spiro atoms. The Morgan fingerprint density at radius 3 is 2.00 bits per heavy atom. The second kappa shape index (κ2) is 9.82. The van der Waals surface area contributed by atoms with E-state index in [1.807, 2.05) is 0 Å². The quantitative estimate of drug-likeness (QED) is 0.587. The van der Waals surface area contributed by atoms with E-state index in [2.05, 4.69) is 65.2 Å². The van der Waals surface area contributed by atoms with E-state index in [1.54, 1.807) is 22.3 Å². The van der Waals surface area contributed by atoms with Gasteiger partial charge in [-0.3, -0.25) is 0 Å². The Kier molecular flexibility index (Phi) is 7.48. The SMILES string of the molecule is Cl.c1ccc2c(c1)CCc1ccccc1C2SCCCN1CCCCC1. The molecule has 0 unspecified atom stereocenters. The van der Waals surface area contributed by atoms with Crippen LogP contribution >= 0.6 is 24.2 Å². The molecule has 0 atom stereocenters. The minimum Gasteiger partial charge on any atom is -0.303 e. The zero-order chi connectivity index (χ0) is 16.9. The lowest BCUT2D eigenvalue weighted by atomic mass is 10.00. The Bertz CT molecular complexity index is 649. The summed E-state index contributed by atoms with van der Waals surface area (Å²) < 4.78 is 0. The molecule has 2 aromatic carbocycles. The summed E-state index contributed by atoms with van der Waals surface area (Å²) in [5.74, 6) is 1.25. The number of piperidine rings is 1. The van der Waals surface area contributed by atoms with Gasteiger partial charge in [-0.2, -0.15) is 0 Å². The first-order valence-electron chi connectivity index (χ1n) is 9.91. The summed E-state index contributed by atoms with van der Waals surface area (Å²) in [4.78, 5) is 2.67. The zero-order valence-corrected chi connectivity index (χ0v) is 17.2. The summed E-state index contributed by atoms with van der Waals surface area (Å²) in [7, 11) is 0. The minimum absolute atomic E-state index is 0. The summed E-state index contributed by atoms with van der Waals surface area (Å²) in [5, 5.41) is 0.510. The van der Waals surface area contributed by atoms with Crippen LogP contribution in [0.2, 0.25) is 0 Å². The number of benzene rings is 2. The topological polar surface area (TPSA) is 3.24 Å². The number of rotatable bonds is 5. The van der Waals surface area contributed by atoms with Crippen LogP contribution in [0, 0.1) is 0 Å². The maximum Gasteiger partial charge on any atom is 0.0552 e. The van der Waals surface area contributed by atoms with Gasteiger partial charge in [-0.1, -0.05) is 55.0 Å². The average molecular weight is 388 g/mol. The number of halogens is 1. The van der Waals surface area contributed by atoms with Crippen molar-refractivity contribution in [2.75, 3.05) is 25.4 Å². The van der Waals surface area contributed by atoms with Crippen LogP contribution in [0.4, 0.5) is 0 Å². The van der Waals surface area contributed by atoms with Crippen molar-refractivity contribution < 1.29 is 0 Å². The monoisotopic (exact) mass is 387 g/mol. The molecule has 0 saturated carbocycles. The highest BCUT2D eigenvalue weighted by Gasteiger charge is 2.23. The van der Waals surface area contributed by atoms with Crippen molar-refractivity contribution in [3.63, 3.8) is 0 Å². The van der Waals surface area contributed by atoms with Crippen LogP contribution < -0.4 is 0 Å². The van der Waals surface area contributed by atoms with Gasteiger partial charge in [-0.05, 0) is 79.7 Å². The van der Waals surface area contributed by atoms with E-state index in [-0.39, 0.29) is 12.4 Å². The van der Waals surface area contributed by atoms with Crippen LogP contribution in [0.25, 0.3) is 0 Å². The van der Waals surface area contributed by atoms with Crippen molar-refractivity contribution >= 4 is 24.2 Å². The van der Waals surface area contributed by atoms with Crippen molar-refractivity contribution in [3.8, 4) is 0 Å².